The number of nitrogens with one attached hydrogen (secondary N) is 1. The Morgan fingerprint density at radius 3 is 2.76 bits per heavy atom. The Hall–Kier alpha value is -3.03. The van der Waals surface area contributed by atoms with Gasteiger partial charge in [-0.05, 0) is 23.8 Å². The quantitative estimate of drug-likeness (QED) is 0.791. The van der Waals surface area contributed by atoms with Gasteiger partial charge in [0, 0.05) is 12.5 Å². The lowest BCUT2D eigenvalue weighted by atomic mass is 10.0. The minimum Gasteiger partial charge on any atom is -0.494 e. The third-order valence-electron chi connectivity index (χ3n) is 4.23. The van der Waals surface area contributed by atoms with Crippen LogP contribution in [0.1, 0.15) is 17.4 Å². The van der Waals surface area contributed by atoms with Gasteiger partial charge in [-0.25, -0.2) is 23.1 Å². The van der Waals surface area contributed by atoms with Crippen LogP contribution in [0.2, 0.25) is 0 Å². The summed E-state index contributed by atoms with van der Waals surface area (Å²) in [7, 11) is 1.25. The van der Waals surface area contributed by atoms with E-state index in [1.165, 1.54) is 42.0 Å². The molecule has 0 spiro atoms. The van der Waals surface area contributed by atoms with Crippen molar-refractivity contribution in [1.82, 2.24) is 14.9 Å². The highest BCUT2D eigenvalue weighted by atomic mass is 19.2. The number of aromatic nitrogens is 2. The Bertz CT molecular complexity index is 1020. The number of hydrogen-bond acceptors (Lipinski definition) is 3. The molecular weight excluding hydrogens is 335 g/mol. The number of carbonyl (C=O) groups is 1. The first-order valence-corrected chi connectivity index (χ1v) is 7.49. The summed E-state index contributed by atoms with van der Waals surface area (Å²) in [5, 5.41) is 2.65. The van der Waals surface area contributed by atoms with Crippen molar-refractivity contribution >= 4 is 17.1 Å². The molecule has 0 radical (unpaired) electrons. The Balaban J connectivity index is 1.74. The van der Waals surface area contributed by atoms with Gasteiger partial charge in [0.15, 0.2) is 11.6 Å². The maximum absolute atomic E-state index is 14.2. The minimum absolute atomic E-state index is 0.00426. The van der Waals surface area contributed by atoms with Crippen molar-refractivity contribution in [2.24, 2.45) is 0 Å². The molecule has 0 aliphatic carbocycles. The zero-order valence-electron chi connectivity index (χ0n) is 13.0. The molecule has 1 N–H and O–H groups in total. The highest BCUT2D eigenvalue weighted by Gasteiger charge is 2.33. The largest absolute Gasteiger partial charge is 0.494 e. The Kier molecular flexibility index (Phi) is 3.41. The lowest BCUT2D eigenvalue weighted by Crippen LogP contribution is -2.23. The fourth-order valence-corrected chi connectivity index (χ4v) is 3.04. The first-order valence-electron chi connectivity index (χ1n) is 7.49. The van der Waals surface area contributed by atoms with Gasteiger partial charge in [-0.1, -0.05) is 6.07 Å². The van der Waals surface area contributed by atoms with E-state index in [-0.39, 0.29) is 17.7 Å². The van der Waals surface area contributed by atoms with Crippen molar-refractivity contribution in [3.05, 3.63) is 59.2 Å². The second-order valence-electron chi connectivity index (χ2n) is 5.70. The van der Waals surface area contributed by atoms with Crippen LogP contribution in [0, 0.1) is 17.5 Å². The molecule has 1 amide bonds. The summed E-state index contributed by atoms with van der Waals surface area (Å²) in [5.41, 5.74) is 0.865. The number of carbonyl (C=O) groups excluding carboxylic acids is 1. The average molecular weight is 347 g/mol. The number of methoxy groups -OCH3 is 1. The molecule has 1 unspecified atom stereocenters. The van der Waals surface area contributed by atoms with Crippen molar-refractivity contribution < 1.29 is 22.7 Å². The van der Waals surface area contributed by atoms with E-state index in [0.717, 1.165) is 0 Å². The molecule has 2 heterocycles. The SMILES string of the molecule is COc1ccc(CC2NC(=O)n3c2nc2ccc(F)cc23)c(F)c1F. The molecule has 4 rings (SSSR count). The summed E-state index contributed by atoms with van der Waals surface area (Å²) < 4.78 is 47.5. The van der Waals surface area contributed by atoms with Crippen LogP contribution < -0.4 is 10.1 Å². The maximum Gasteiger partial charge on any atom is 0.328 e. The number of benzene rings is 2. The lowest BCUT2D eigenvalue weighted by molar-refractivity contribution is 0.245. The van der Waals surface area contributed by atoms with E-state index in [4.69, 9.17) is 4.74 Å². The predicted octanol–water partition coefficient (Wildman–Crippen LogP) is 3.32. The predicted molar refractivity (Wildman–Crippen MR) is 83.0 cm³/mol. The van der Waals surface area contributed by atoms with Crippen LogP contribution in [0.4, 0.5) is 18.0 Å². The average Bonchev–Trinajstić information content (AvgIpc) is 3.10. The summed E-state index contributed by atoms with van der Waals surface area (Å²) >= 11 is 0. The number of fused-ring (bicyclic) bond motifs is 3. The van der Waals surface area contributed by atoms with Crippen molar-refractivity contribution in [2.45, 2.75) is 12.5 Å². The van der Waals surface area contributed by atoms with Crippen LogP contribution in [0.15, 0.2) is 30.3 Å². The van der Waals surface area contributed by atoms with Gasteiger partial charge < -0.3 is 10.1 Å². The first-order chi connectivity index (χ1) is 12.0. The lowest BCUT2D eigenvalue weighted by Gasteiger charge is -2.11. The second-order valence-corrected chi connectivity index (χ2v) is 5.70. The monoisotopic (exact) mass is 347 g/mol. The highest BCUT2D eigenvalue weighted by molar-refractivity contribution is 5.92. The molecule has 3 aromatic rings. The number of hydrogen-bond donors (Lipinski definition) is 1. The molecule has 0 fully saturated rings. The molecule has 1 aliphatic heterocycles. The molecule has 1 atom stereocenters. The summed E-state index contributed by atoms with van der Waals surface area (Å²) in [5.74, 6) is -2.47. The van der Waals surface area contributed by atoms with E-state index in [1.54, 1.807) is 0 Å². The van der Waals surface area contributed by atoms with E-state index < -0.39 is 29.5 Å². The zero-order chi connectivity index (χ0) is 17.7. The van der Waals surface area contributed by atoms with Crippen LogP contribution in [0.3, 0.4) is 0 Å². The fraction of sp³-hybridized carbons (Fsp3) is 0.176. The topological polar surface area (TPSA) is 56.1 Å². The number of imidazole rings is 1. The van der Waals surface area contributed by atoms with Crippen LogP contribution in [0.25, 0.3) is 11.0 Å². The van der Waals surface area contributed by atoms with E-state index in [9.17, 15) is 18.0 Å². The van der Waals surface area contributed by atoms with Gasteiger partial charge in [-0.2, -0.15) is 4.39 Å². The normalized spacial score (nSPS) is 16.2. The molecule has 25 heavy (non-hydrogen) atoms. The third kappa shape index (κ3) is 2.33. The van der Waals surface area contributed by atoms with Gasteiger partial charge in [-0.3, -0.25) is 0 Å². The number of amides is 1. The van der Waals surface area contributed by atoms with Crippen molar-refractivity contribution in [2.75, 3.05) is 7.11 Å². The maximum atomic E-state index is 14.2. The molecule has 0 bridgehead atoms. The van der Waals surface area contributed by atoms with Crippen LogP contribution in [-0.2, 0) is 6.42 Å². The first kappa shape index (κ1) is 15.5. The molecular formula is C17H12F3N3O2. The number of nitrogens with zero attached hydrogens (tertiary/aromatic N) is 2. The molecule has 5 nitrogen and oxygen atoms in total. The van der Waals surface area contributed by atoms with E-state index in [2.05, 4.69) is 10.3 Å². The smallest absolute Gasteiger partial charge is 0.328 e. The summed E-state index contributed by atoms with van der Waals surface area (Å²) in [6.45, 7) is 0. The molecule has 1 aromatic heterocycles. The van der Waals surface area contributed by atoms with Crippen LogP contribution >= 0.6 is 0 Å². The zero-order valence-corrected chi connectivity index (χ0v) is 13.0. The Morgan fingerprint density at radius 2 is 2.00 bits per heavy atom. The molecule has 0 saturated carbocycles. The second kappa shape index (κ2) is 5.51. The van der Waals surface area contributed by atoms with Gasteiger partial charge in [0.1, 0.15) is 11.6 Å². The number of rotatable bonds is 3. The summed E-state index contributed by atoms with van der Waals surface area (Å²) in [6, 6.07) is 5.51. The van der Waals surface area contributed by atoms with E-state index in [0.29, 0.717) is 16.9 Å². The highest BCUT2D eigenvalue weighted by Crippen LogP contribution is 2.30. The molecule has 128 valence electrons. The number of ether oxygens (including phenoxy) is 1. The van der Waals surface area contributed by atoms with E-state index >= 15 is 0 Å². The number of halogens is 3. The van der Waals surface area contributed by atoms with Gasteiger partial charge in [0.05, 0.1) is 24.2 Å². The Labute approximate surface area is 140 Å². The van der Waals surface area contributed by atoms with E-state index in [1.807, 2.05) is 0 Å². The third-order valence-corrected chi connectivity index (χ3v) is 4.23. The van der Waals surface area contributed by atoms with Gasteiger partial charge in [0.2, 0.25) is 5.82 Å². The van der Waals surface area contributed by atoms with Crippen molar-refractivity contribution in [3.63, 3.8) is 0 Å². The van der Waals surface area contributed by atoms with Crippen LogP contribution in [-0.4, -0.2) is 22.7 Å². The minimum atomic E-state index is -1.08. The molecule has 1 aliphatic rings. The standard InChI is InChI=1S/C17H12F3N3O2/c1-25-13-5-2-8(14(19)15(13)20)6-11-16-21-10-4-3-9(18)7-12(10)23(16)17(24)22-11/h2-5,7,11H,6H2,1H3,(H,22,24). The molecule has 2 aromatic carbocycles. The fourth-order valence-electron chi connectivity index (χ4n) is 3.04. The van der Waals surface area contributed by atoms with Crippen molar-refractivity contribution in [3.8, 4) is 5.75 Å². The Morgan fingerprint density at radius 1 is 1.20 bits per heavy atom. The summed E-state index contributed by atoms with van der Waals surface area (Å²) in [6.07, 6.45) is 0.00426. The van der Waals surface area contributed by atoms with Crippen LogP contribution in [0.5, 0.6) is 5.75 Å². The van der Waals surface area contributed by atoms with Gasteiger partial charge in [0.25, 0.3) is 0 Å². The molecule has 8 heteroatoms. The van der Waals surface area contributed by atoms with Crippen molar-refractivity contribution in [1.29, 1.82) is 0 Å². The van der Waals surface area contributed by atoms with Gasteiger partial charge >= 0.3 is 6.03 Å². The van der Waals surface area contributed by atoms with Gasteiger partial charge in [-0.15, -0.1) is 0 Å². The molecule has 0 saturated heterocycles. The summed E-state index contributed by atoms with van der Waals surface area (Å²) in [4.78, 5) is 16.5.